The molecule has 0 aromatic heterocycles. The molecule has 104 valence electrons. The average Bonchev–Trinajstić information content (AvgIpc) is 2.59. The smallest absolute Gasteiger partial charge is 0.244 e. The highest BCUT2D eigenvalue weighted by atomic mass is 32.2. The summed E-state index contributed by atoms with van der Waals surface area (Å²) in [6, 6.07) is 11.7. The van der Waals surface area contributed by atoms with E-state index in [1.165, 1.54) is 4.31 Å². The number of sulfonamides is 1. The Kier molecular flexibility index (Phi) is 2.84. The van der Waals surface area contributed by atoms with Crippen molar-refractivity contribution >= 4 is 10.0 Å². The quantitative estimate of drug-likeness (QED) is 0.877. The van der Waals surface area contributed by atoms with E-state index < -0.39 is 10.0 Å². The first-order valence-corrected chi connectivity index (χ1v) is 7.73. The second-order valence-corrected chi connectivity index (χ2v) is 7.02. The number of phenolic OH excluding ortho intramolecular Hbond substituents is 1. The van der Waals surface area contributed by atoms with Crippen molar-refractivity contribution in [1.82, 2.24) is 4.31 Å². The fourth-order valence-corrected chi connectivity index (χ4v) is 4.18. The molecule has 20 heavy (non-hydrogen) atoms. The topological polar surface area (TPSA) is 57.6 Å². The van der Waals surface area contributed by atoms with Gasteiger partial charge >= 0.3 is 0 Å². The van der Waals surface area contributed by atoms with Crippen LogP contribution < -0.4 is 0 Å². The molecule has 1 heterocycles. The van der Waals surface area contributed by atoms with E-state index in [1.807, 2.05) is 19.1 Å². The molecule has 0 spiro atoms. The molecule has 2 aromatic rings. The normalized spacial score (nSPS) is 20.8. The van der Waals surface area contributed by atoms with Crippen LogP contribution >= 0.6 is 0 Å². The predicted octanol–water partition coefficient (Wildman–Crippen LogP) is 2.42. The number of phenols is 1. The monoisotopic (exact) mass is 289 g/mol. The van der Waals surface area contributed by atoms with Gasteiger partial charge in [-0.3, -0.25) is 0 Å². The van der Waals surface area contributed by atoms with Gasteiger partial charge in [-0.15, -0.1) is 0 Å². The second-order valence-electron chi connectivity index (χ2n) is 5.06. The Labute approximate surface area is 118 Å². The van der Waals surface area contributed by atoms with Gasteiger partial charge in [0.1, 0.15) is 5.75 Å². The maximum absolute atomic E-state index is 12.4. The first-order chi connectivity index (χ1) is 9.41. The van der Waals surface area contributed by atoms with Gasteiger partial charge < -0.3 is 5.11 Å². The molecule has 0 saturated carbocycles. The minimum Gasteiger partial charge on any atom is -0.508 e. The number of benzene rings is 2. The zero-order valence-corrected chi connectivity index (χ0v) is 12.1. The van der Waals surface area contributed by atoms with Crippen molar-refractivity contribution < 1.29 is 13.5 Å². The van der Waals surface area contributed by atoms with Crippen LogP contribution in [0.3, 0.4) is 0 Å². The lowest BCUT2D eigenvalue weighted by molar-refractivity contribution is 0.438. The highest BCUT2D eigenvalue weighted by molar-refractivity contribution is 7.89. The molecule has 4 nitrogen and oxygen atoms in total. The average molecular weight is 289 g/mol. The SMILES string of the molecule is Cc1ccc2c(c1)C(c1ccc(O)cc1)N(C)S2(=O)=O. The van der Waals surface area contributed by atoms with Crippen LogP contribution in [0, 0.1) is 6.92 Å². The van der Waals surface area contributed by atoms with Crippen LogP contribution in [0.5, 0.6) is 5.75 Å². The van der Waals surface area contributed by atoms with Crippen molar-refractivity contribution in [3.05, 3.63) is 59.2 Å². The maximum Gasteiger partial charge on any atom is 0.244 e. The van der Waals surface area contributed by atoms with Gasteiger partial charge in [-0.25, -0.2) is 8.42 Å². The Hall–Kier alpha value is -1.85. The standard InChI is InChI=1S/C15H15NO3S/c1-10-3-8-14-13(9-10)15(16(2)20(14,18)19)11-4-6-12(17)7-5-11/h3-9,15,17H,1-2H3. The summed E-state index contributed by atoms with van der Waals surface area (Å²) in [4.78, 5) is 0.365. The highest BCUT2D eigenvalue weighted by Gasteiger charge is 2.40. The van der Waals surface area contributed by atoms with E-state index in [0.717, 1.165) is 16.7 Å². The third kappa shape index (κ3) is 1.82. The summed E-state index contributed by atoms with van der Waals surface area (Å²) in [7, 11) is -1.85. The van der Waals surface area contributed by atoms with Crippen molar-refractivity contribution in [2.45, 2.75) is 17.9 Å². The molecular weight excluding hydrogens is 274 g/mol. The van der Waals surface area contributed by atoms with Gasteiger partial charge in [0, 0.05) is 7.05 Å². The summed E-state index contributed by atoms with van der Waals surface area (Å²) in [5.74, 6) is 0.168. The van der Waals surface area contributed by atoms with Gasteiger partial charge in [-0.1, -0.05) is 29.8 Å². The van der Waals surface area contributed by atoms with Crippen LogP contribution in [-0.2, 0) is 10.0 Å². The molecule has 3 rings (SSSR count). The molecule has 0 saturated heterocycles. The summed E-state index contributed by atoms with van der Waals surface area (Å²) in [5.41, 5.74) is 2.66. The zero-order valence-electron chi connectivity index (χ0n) is 11.2. The summed E-state index contributed by atoms with van der Waals surface area (Å²) in [5, 5.41) is 9.38. The van der Waals surface area contributed by atoms with Crippen LogP contribution in [0.1, 0.15) is 22.7 Å². The first-order valence-electron chi connectivity index (χ1n) is 6.29. The summed E-state index contributed by atoms with van der Waals surface area (Å²) < 4.78 is 26.2. The van der Waals surface area contributed by atoms with Crippen LogP contribution in [0.15, 0.2) is 47.4 Å². The molecule has 0 amide bonds. The van der Waals surface area contributed by atoms with Crippen molar-refractivity contribution in [3.8, 4) is 5.75 Å². The third-order valence-electron chi connectivity index (χ3n) is 3.69. The van der Waals surface area contributed by atoms with E-state index >= 15 is 0 Å². The van der Waals surface area contributed by atoms with Gasteiger partial charge in [0.25, 0.3) is 0 Å². The molecule has 0 radical (unpaired) electrons. The van der Waals surface area contributed by atoms with Crippen LogP contribution in [0.25, 0.3) is 0 Å². The molecular formula is C15H15NO3S. The van der Waals surface area contributed by atoms with Gasteiger partial charge in [0.2, 0.25) is 10.0 Å². The van der Waals surface area contributed by atoms with Crippen LogP contribution in [0.4, 0.5) is 0 Å². The fourth-order valence-electron chi connectivity index (χ4n) is 2.65. The number of fused-ring (bicyclic) bond motifs is 1. The summed E-state index contributed by atoms with van der Waals surface area (Å²) in [6.07, 6.45) is 0. The van der Waals surface area contributed by atoms with E-state index in [1.54, 1.807) is 37.4 Å². The molecule has 1 aliphatic rings. The number of aromatic hydroxyl groups is 1. The lowest BCUT2D eigenvalue weighted by Gasteiger charge is -2.19. The number of hydrogen-bond acceptors (Lipinski definition) is 3. The van der Waals surface area contributed by atoms with E-state index in [4.69, 9.17) is 0 Å². The van der Waals surface area contributed by atoms with E-state index in [9.17, 15) is 13.5 Å². The maximum atomic E-state index is 12.4. The van der Waals surface area contributed by atoms with Crippen molar-refractivity contribution in [2.24, 2.45) is 0 Å². The van der Waals surface area contributed by atoms with Gasteiger partial charge in [-0.05, 0) is 36.2 Å². The van der Waals surface area contributed by atoms with Crippen LogP contribution in [0.2, 0.25) is 0 Å². The molecule has 5 heteroatoms. The Morgan fingerprint density at radius 3 is 2.40 bits per heavy atom. The minimum atomic E-state index is -3.44. The number of nitrogens with zero attached hydrogens (tertiary/aromatic N) is 1. The predicted molar refractivity (Wildman–Crippen MR) is 76.1 cm³/mol. The molecule has 2 aromatic carbocycles. The van der Waals surface area contributed by atoms with Crippen molar-refractivity contribution in [1.29, 1.82) is 0 Å². The number of aryl methyl sites for hydroxylation is 1. The minimum absolute atomic E-state index is 0.168. The molecule has 1 aliphatic heterocycles. The zero-order chi connectivity index (χ0) is 14.5. The summed E-state index contributed by atoms with van der Waals surface area (Å²) >= 11 is 0. The molecule has 0 bridgehead atoms. The second kappa shape index (κ2) is 4.33. The lowest BCUT2D eigenvalue weighted by Crippen LogP contribution is -2.24. The molecule has 1 atom stereocenters. The Bertz CT molecular complexity index is 766. The molecule has 0 aliphatic carbocycles. The Morgan fingerprint density at radius 1 is 1.10 bits per heavy atom. The van der Waals surface area contributed by atoms with E-state index in [-0.39, 0.29) is 11.8 Å². The lowest BCUT2D eigenvalue weighted by atomic mass is 9.97. The van der Waals surface area contributed by atoms with E-state index in [0.29, 0.717) is 4.90 Å². The molecule has 1 N–H and O–H groups in total. The fraction of sp³-hybridized carbons (Fsp3) is 0.200. The van der Waals surface area contributed by atoms with Gasteiger partial charge in [0.15, 0.2) is 0 Å². The molecule has 1 unspecified atom stereocenters. The van der Waals surface area contributed by atoms with Crippen molar-refractivity contribution in [2.75, 3.05) is 7.05 Å². The summed E-state index contributed by atoms with van der Waals surface area (Å²) in [6.45, 7) is 1.94. The van der Waals surface area contributed by atoms with E-state index in [2.05, 4.69) is 0 Å². The van der Waals surface area contributed by atoms with Crippen LogP contribution in [-0.4, -0.2) is 24.9 Å². The largest absolute Gasteiger partial charge is 0.508 e. The van der Waals surface area contributed by atoms with Crippen molar-refractivity contribution in [3.63, 3.8) is 0 Å². The highest BCUT2D eigenvalue weighted by Crippen LogP contribution is 2.42. The number of rotatable bonds is 1. The Balaban J connectivity index is 2.23. The number of hydrogen-bond donors (Lipinski definition) is 1. The molecule has 0 fully saturated rings. The van der Waals surface area contributed by atoms with Gasteiger partial charge in [-0.2, -0.15) is 4.31 Å². The first kappa shape index (κ1) is 13.1. The third-order valence-corrected chi connectivity index (χ3v) is 5.59. The van der Waals surface area contributed by atoms with Gasteiger partial charge in [0.05, 0.1) is 10.9 Å². The Morgan fingerprint density at radius 2 is 1.75 bits per heavy atom.